The van der Waals surface area contributed by atoms with Crippen LogP contribution < -0.4 is 5.73 Å². The molecule has 1 aliphatic rings. The summed E-state index contributed by atoms with van der Waals surface area (Å²) in [6, 6.07) is 6.69. The average Bonchev–Trinajstić information content (AvgIpc) is 2.41. The van der Waals surface area contributed by atoms with Crippen molar-refractivity contribution in [2.45, 2.75) is 36.0 Å². The molecule has 0 fully saturated rings. The smallest absolute Gasteiger partial charge is 0.183 e. The molecule has 3 nitrogen and oxygen atoms in total. The Morgan fingerprint density at radius 3 is 2.60 bits per heavy atom. The molecule has 0 bridgehead atoms. The molecule has 0 amide bonds. The second kappa shape index (κ2) is 3.61. The van der Waals surface area contributed by atoms with Crippen LogP contribution in [0.15, 0.2) is 29.2 Å². The third kappa shape index (κ3) is 1.48. The molecule has 1 aliphatic heterocycles. The Labute approximate surface area is 90.2 Å². The third-order valence-electron chi connectivity index (χ3n) is 2.96. The first kappa shape index (κ1) is 10.6. The van der Waals surface area contributed by atoms with Crippen LogP contribution in [0.5, 0.6) is 0 Å². The van der Waals surface area contributed by atoms with Gasteiger partial charge in [0.1, 0.15) is 0 Å². The first-order valence-electron chi connectivity index (χ1n) is 5.17. The fraction of sp³-hybridized carbons (Fsp3) is 0.455. The number of benzene rings is 1. The van der Waals surface area contributed by atoms with E-state index in [9.17, 15) is 8.42 Å². The molecule has 2 rings (SSSR count). The van der Waals surface area contributed by atoms with Gasteiger partial charge in [0, 0.05) is 6.04 Å². The second-order valence-corrected chi connectivity index (χ2v) is 6.07. The molecule has 1 aromatic rings. The lowest BCUT2D eigenvalue weighted by Gasteiger charge is -2.13. The molecule has 4 heteroatoms. The average molecular weight is 225 g/mol. The van der Waals surface area contributed by atoms with Crippen LogP contribution in [0, 0.1) is 0 Å². The van der Waals surface area contributed by atoms with Crippen LogP contribution in [0.2, 0.25) is 0 Å². The number of hydrogen-bond acceptors (Lipinski definition) is 3. The van der Waals surface area contributed by atoms with Crippen molar-refractivity contribution < 1.29 is 8.42 Å². The van der Waals surface area contributed by atoms with Crippen LogP contribution in [0.25, 0.3) is 0 Å². The molecule has 2 unspecified atom stereocenters. The van der Waals surface area contributed by atoms with Crippen molar-refractivity contribution in [3.05, 3.63) is 29.8 Å². The van der Waals surface area contributed by atoms with Gasteiger partial charge in [-0.1, -0.05) is 31.5 Å². The molecule has 2 N–H and O–H groups in total. The van der Waals surface area contributed by atoms with E-state index < -0.39 is 15.1 Å². The van der Waals surface area contributed by atoms with Crippen molar-refractivity contribution >= 4 is 9.84 Å². The summed E-state index contributed by atoms with van der Waals surface area (Å²) >= 11 is 0. The molecule has 15 heavy (non-hydrogen) atoms. The molecule has 82 valence electrons. The molecule has 1 heterocycles. The first-order chi connectivity index (χ1) is 7.09. The molecule has 0 saturated heterocycles. The minimum atomic E-state index is -3.18. The topological polar surface area (TPSA) is 60.2 Å². The van der Waals surface area contributed by atoms with Crippen LogP contribution in [-0.4, -0.2) is 13.7 Å². The van der Waals surface area contributed by atoms with E-state index >= 15 is 0 Å². The summed E-state index contributed by atoms with van der Waals surface area (Å²) in [7, 11) is -3.18. The molecule has 1 aromatic carbocycles. The van der Waals surface area contributed by atoms with Gasteiger partial charge in [-0.3, -0.25) is 0 Å². The van der Waals surface area contributed by atoms with Gasteiger partial charge in [0.2, 0.25) is 0 Å². The Hall–Kier alpha value is -0.870. The lowest BCUT2D eigenvalue weighted by molar-refractivity contribution is 0.555. The minimum absolute atomic E-state index is 0.355. The standard InChI is InChI=1S/C11H15NO2S/c1-2-5-10-11(12)8-6-3-4-7-9(8)15(10,13)14/h3-4,6-7,10-11H,2,5,12H2,1H3. The van der Waals surface area contributed by atoms with Gasteiger partial charge in [0.15, 0.2) is 9.84 Å². The van der Waals surface area contributed by atoms with Crippen LogP contribution in [0.4, 0.5) is 0 Å². The van der Waals surface area contributed by atoms with Gasteiger partial charge in [-0.15, -0.1) is 0 Å². The van der Waals surface area contributed by atoms with Crippen molar-refractivity contribution in [2.24, 2.45) is 5.73 Å². The molecule has 2 atom stereocenters. The molecule has 0 aromatic heterocycles. The van der Waals surface area contributed by atoms with Crippen LogP contribution in [-0.2, 0) is 9.84 Å². The van der Waals surface area contributed by atoms with E-state index in [2.05, 4.69) is 0 Å². The van der Waals surface area contributed by atoms with E-state index in [0.29, 0.717) is 11.3 Å². The highest BCUT2D eigenvalue weighted by atomic mass is 32.2. The molecule has 0 saturated carbocycles. The number of nitrogens with two attached hydrogens (primary N) is 1. The predicted octanol–water partition coefficient (Wildman–Crippen LogP) is 1.64. The molecule has 0 aliphatic carbocycles. The Kier molecular flexibility index (Phi) is 2.56. The van der Waals surface area contributed by atoms with Gasteiger partial charge < -0.3 is 5.73 Å². The highest BCUT2D eigenvalue weighted by Crippen LogP contribution is 2.39. The van der Waals surface area contributed by atoms with E-state index in [1.165, 1.54) is 0 Å². The highest BCUT2D eigenvalue weighted by molar-refractivity contribution is 7.92. The number of sulfone groups is 1. The SMILES string of the molecule is CCCC1C(N)c2ccccc2S1(=O)=O. The Balaban J connectivity index is 2.55. The van der Waals surface area contributed by atoms with Crippen LogP contribution in [0.3, 0.4) is 0 Å². The zero-order valence-corrected chi connectivity index (χ0v) is 9.50. The van der Waals surface area contributed by atoms with Gasteiger partial charge in [-0.05, 0) is 18.1 Å². The van der Waals surface area contributed by atoms with Gasteiger partial charge in [0.25, 0.3) is 0 Å². The summed E-state index contributed by atoms with van der Waals surface area (Å²) in [6.07, 6.45) is 1.48. The Morgan fingerprint density at radius 1 is 1.33 bits per heavy atom. The van der Waals surface area contributed by atoms with E-state index in [-0.39, 0.29) is 6.04 Å². The highest BCUT2D eigenvalue weighted by Gasteiger charge is 2.41. The minimum Gasteiger partial charge on any atom is -0.323 e. The van der Waals surface area contributed by atoms with E-state index in [0.717, 1.165) is 12.0 Å². The number of fused-ring (bicyclic) bond motifs is 1. The number of rotatable bonds is 2. The Bertz CT molecular complexity index is 467. The summed E-state index contributed by atoms with van der Waals surface area (Å²) in [5.74, 6) is 0. The van der Waals surface area contributed by atoms with E-state index in [1.807, 2.05) is 19.1 Å². The van der Waals surface area contributed by atoms with E-state index in [4.69, 9.17) is 5.73 Å². The molecule has 0 radical (unpaired) electrons. The van der Waals surface area contributed by atoms with Crippen molar-refractivity contribution in [1.29, 1.82) is 0 Å². The molecular weight excluding hydrogens is 210 g/mol. The Morgan fingerprint density at radius 2 is 2.00 bits per heavy atom. The lowest BCUT2D eigenvalue weighted by atomic mass is 10.0. The van der Waals surface area contributed by atoms with Crippen LogP contribution in [0.1, 0.15) is 31.4 Å². The molecule has 0 spiro atoms. The quantitative estimate of drug-likeness (QED) is 0.832. The second-order valence-electron chi connectivity index (χ2n) is 3.94. The lowest BCUT2D eigenvalue weighted by Crippen LogP contribution is -2.26. The summed E-state index contributed by atoms with van der Waals surface area (Å²) < 4.78 is 24.2. The predicted molar refractivity (Wildman–Crippen MR) is 59.3 cm³/mol. The van der Waals surface area contributed by atoms with Crippen molar-refractivity contribution in [3.63, 3.8) is 0 Å². The van der Waals surface area contributed by atoms with Crippen molar-refractivity contribution in [2.75, 3.05) is 0 Å². The zero-order chi connectivity index (χ0) is 11.1. The first-order valence-corrected chi connectivity index (χ1v) is 6.72. The maximum Gasteiger partial charge on any atom is 0.183 e. The summed E-state index contributed by atoms with van der Waals surface area (Å²) in [5, 5.41) is -0.431. The van der Waals surface area contributed by atoms with Gasteiger partial charge in [0.05, 0.1) is 10.1 Å². The van der Waals surface area contributed by atoms with Gasteiger partial charge in [-0.25, -0.2) is 8.42 Å². The maximum atomic E-state index is 12.1. The third-order valence-corrected chi connectivity index (χ3v) is 5.27. The largest absolute Gasteiger partial charge is 0.323 e. The monoisotopic (exact) mass is 225 g/mol. The maximum absolute atomic E-state index is 12.1. The normalized spacial score (nSPS) is 27.6. The van der Waals surface area contributed by atoms with Crippen molar-refractivity contribution in [1.82, 2.24) is 0 Å². The van der Waals surface area contributed by atoms with Gasteiger partial charge >= 0.3 is 0 Å². The summed E-state index contributed by atoms with van der Waals surface area (Å²) in [5.41, 5.74) is 6.75. The van der Waals surface area contributed by atoms with Gasteiger partial charge in [-0.2, -0.15) is 0 Å². The molecular formula is C11H15NO2S. The number of hydrogen-bond donors (Lipinski definition) is 1. The van der Waals surface area contributed by atoms with E-state index in [1.54, 1.807) is 12.1 Å². The summed E-state index contributed by atoms with van der Waals surface area (Å²) in [4.78, 5) is 0.427. The fourth-order valence-corrected chi connectivity index (χ4v) is 4.40. The summed E-state index contributed by atoms with van der Waals surface area (Å²) in [6.45, 7) is 1.98. The zero-order valence-electron chi connectivity index (χ0n) is 8.68. The van der Waals surface area contributed by atoms with Crippen molar-refractivity contribution in [3.8, 4) is 0 Å². The van der Waals surface area contributed by atoms with Crippen LogP contribution >= 0.6 is 0 Å². The fourth-order valence-electron chi connectivity index (χ4n) is 2.19.